The highest BCUT2D eigenvalue weighted by Gasteiger charge is 2.23. The minimum atomic E-state index is -3.62. The molecule has 0 atom stereocenters. The predicted molar refractivity (Wildman–Crippen MR) is 117 cm³/mol. The number of sulfonamides is 1. The highest BCUT2D eigenvalue weighted by atomic mass is 35.5. The van der Waals surface area contributed by atoms with Crippen molar-refractivity contribution in [3.63, 3.8) is 0 Å². The molecule has 7 nitrogen and oxygen atoms in total. The van der Waals surface area contributed by atoms with Gasteiger partial charge < -0.3 is 9.80 Å². The lowest BCUT2D eigenvalue weighted by molar-refractivity contribution is -0.119. The molecular formula is C20H21Cl2N3O4S. The van der Waals surface area contributed by atoms with Gasteiger partial charge in [0.05, 0.1) is 28.5 Å². The fourth-order valence-electron chi connectivity index (χ4n) is 3.20. The van der Waals surface area contributed by atoms with E-state index in [-0.39, 0.29) is 22.5 Å². The molecule has 0 aliphatic carbocycles. The van der Waals surface area contributed by atoms with Crippen molar-refractivity contribution in [2.45, 2.75) is 6.54 Å². The summed E-state index contributed by atoms with van der Waals surface area (Å²) >= 11 is 12.3. The van der Waals surface area contributed by atoms with Gasteiger partial charge in [0.1, 0.15) is 0 Å². The average molecular weight is 470 g/mol. The van der Waals surface area contributed by atoms with Crippen molar-refractivity contribution in [2.24, 2.45) is 0 Å². The normalized spacial score (nSPS) is 14.5. The number of piperazine rings is 1. The molecule has 1 saturated heterocycles. The number of amides is 2. The maximum Gasteiger partial charge on any atom is 0.253 e. The molecule has 1 aliphatic rings. The molecule has 0 N–H and O–H groups in total. The number of halogens is 2. The number of rotatable bonds is 6. The largest absolute Gasteiger partial charge is 0.342 e. The number of hydrogen-bond acceptors (Lipinski definition) is 4. The van der Waals surface area contributed by atoms with Crippen LogP contribution in [0.15, 0.2) is 42.5 Å². The Labute approximate surface area is 185 Å². The molecule has 30 heavy (non-hydrogen) atoms. The van der Waals surface area contributed by atoms with Gasteiger partial charge in [0.2, 0.25) is 16.4 Å². The van der Waals surface area contributed by atoms with Crippen LogP contribution < -0.4 is 4.31 Å². The van der Waals surface area contributed by atoms with Crippen molar-refractivity contribution in [3.05, 3.63) is 63.6 Å². The summed E-state index contributed by atoms with van der Waals surface area (Å²) in [7, 11) is -3.62. The second-order valence-electron chi connectivity index (χ2n) is 6.97. The Kier molecular flexibility index (Phi) is 6.90. The Morgan fingerprint density at radius 2 is 1.70 bits per heavy atom. The Bertz CT molecular complexity index is 1040. The first kappa shape index (κ1) is 22.4. The van der Waals surface area contributed by atoms with Crippen LogP contribution in [-0.2, 0) is 21.4 Å². The van der Waals surface area contributed by atoms with E-state index in [2.05, 4.69) is 0 Å². The first-order valence-electron chi connectivity index (χ1n) is 9.20. The fraction of sp³-hybridized carbons (Fsp3) is 0.300. The summed E-state index contributed by atoms with van der Waals surface area (Å²) in [6, 6.07) is 11.6. The van der Waals surface area contributed by atoms with E-state index in [0.29, 0.717) is 43.0 Å². The third-order valence-electron chi connectivity index (χ3n) is 4.88. The lowest BCUT2D eigenvalue weighted by atomic mass is 10.1. The summed E-state index contributed by atoms with van der Waals surface area (Å²) in [4.78, 5) is 26.8. The van der Waals surface area contributed by atoms with Crippen molar-refractivity contribution < 1.29 is 18.0 Å². The van der Waals surface area contributed by atoms with Crippen LogP contribution >= 0.6 is 23.2 Å². The van der Waals surface area contributed by atoms with Crippen LogP contribution in [0.25, 0.3) is 0 Å². The topological polar surface area (TPSA) is 78.0 Å². The number of hydrogen-bond donors (Lipinski definition) is 0. The van der Waals surface area contributed by atoms with Gasteiger partial charge in [-0.2, -0.15) is 0 Å². The smallest absolute Gasteiger partial charge is 0.253 e. The fourth-order valence-corrected chi connectivity index (χ4v) is 4.54. The van der Waals surface area contributed by atoms with E-state index in [1.165, 1.54) is 4.31 Å². The zero-order valence-electron chi connectivity index (χ0n) is 16.3. The van der Waals surface area contributed by atoms with E-state index in [4.69, 9.17) is 23.2 Å². The molecule has 1 fully saturated rings. The highest BCUT2D eigenvalue weighted by Crippen LogP contribution is 2.34. The van der Waals surface area contributed by atoms with Crippen LogP contribution in [0.4, 0.5) is 5.69 Å². The van der Waals surface area contributed by atoms with E-state index in [1.807, 2.05) is 0 Å². The lowest BCUT2D eigenvalue weighted by Gasteiger charge is -2.32. The average Bonchev–Trinajstić information content (AvgIpc) is 2.73. The minimum Gasteiger partial charge on any atom is -0.342 e. The molecule has 2 amide bonds. The molecule has 10 heteroatoms. The third kappa shape index (κ3) is 5.06. The van der Waals surface area contributed by atoms with E-state index in [1.54, 1.807) is 52.3 Å². The second-order valence-corrected chi connectivity index (χ2v) is 9.67. The Morgan fingerprint density at radius 1 is 1.07 bits per heavy atom. The molecule has 0 unspecified atom stereocenters. The van der Waals surface area contributed by atoms with E-state index >= 15 is 0 Å². The third-order valence-corrected chi connectivity index (χ3v) is 6.81. The number of anilines is 1. The molecule has 1 aliphatic heterocycles. The zero-order valence-corrected chi connectivity index (χ0v) is 18.6. The molecule has 0 spiro atoms. The molecule has 160 valence electrons. The summed E-state index contributed by atoms with van der Waals surface area (Å²) in [5.41, 5.74) is 1.49. The monoisotopic (exact) mass is 469 g/mol. The van der Waals surface area contributed by atoms with E-state index in [9.17, 15) is 18.0 Å². The summed E-state index contributed by atoms with van der Waals surface area (Å²) in [6.45, 7) is 2.03. The van der Waals surface area contributed by atoms with Gasteiger partial charge in [-0.25, -0.2) is 8.42 Å². The number of carbonyl (C=O) groups is 2. The van der Waals surface area contributed by atoms with Gasteiger partial charge in [-0.05, 0) is 29.8 Å². The lowest BCUT2D eigenvalue weighted by Crippen LogP contribution is -2.48. The molecule has 0 aromatic heterocycles. The molecular weight excluding hydrogens is 449 g/mol. The number of carbonyl (C=O) groups excluding carboxylic acids is 2. The van der Waals surface area contributed by atoms with Crippen molar-refractivity contribution in [3.8, 4) is 0 Å². The SMILES string of the molecule is CS(=O)(=O)N(Cc1ccc(C(=O)N2CCN(C=O)CC2)cc1)c1cccc(Cl)c1Cl. The number of benzene rings is 2. The van der Waals surface area contributed by atoms with Crippen LogP contribution in [-0.4, -0.2) is 63.0 Å². The highest BCUT2D eigenvalue weighted by molar-refractivity contribution is 7.92. The van der Waals surface area contributed by atoms with E-state index < -0.39 is 10.0 Å². The van der Waals surface area contributed by atoms with Crippen LogP contribution in [0.1, 0.15) is 15.9 Å². The Balaban J connectivity index is 1.77. The van der Waals surface area contributed by atoms with Gasteiger partial charge >= 0.3 is 0 Å². The minimum absolute atomic E-state index is 0.0470. The summed E-state index contributed by atoms with van der Waals surface area (Å²) in [5, 5.41) is 0.421. The first-order chi connectivity index (χ1) is 14.2. The Hall–Kier alpha value is -2.29. The van der Waals surface area contributed by atoms with Crippen molar-refractivity contribution in [2.75, 3.05) is 36.7 Å². The van der Waals surface area contributed by atoms with Crippen LogP contribution in [0.2, 0.25) is 10.0 Å². The van der Waals surface area contributed by atoms with E-state index in [0.717, 1.165) is 12.7 Å². The number of nitrogens with zero attached hydrogens (tertiary/aromatic N) is 3. The summed E-state index contributed by atoms with van der Waals surface area (Å²) in [6.07, 6.45) is 1.89. The standard InChI is InChI=1S/C20H21Cl2N3O4S/c1-30(28,29)25(18-4-2-3-17(21)19(18)22)13-15-5-7-16(8-6-15)20(27)24-11-9-23(14-26)10-12-24/h2-8,14H,9-13H2,1H3. The first-order valence-corrected chi connectivity index (χ1v) is 11.8. The zero-order chi connectivity index (χ0) is 21.9. The molecule has 0 bridgehead atoms. The molecule has 1 heterocycles. The van der Waals surface area contributed by atoms with Gasteiger partial charge in [0.25, 0.3) is 5.91 Å². The Morgan fingerprint density at radius 3 is 2.27 bits per heavy atom. The second kappa shape index (κ2) is 9.24. The summed E-state index contributed by atoms with van der Waals surface area (Å²) < 4.78 is 25.9. The van der Waals surface area contributed by atoms with Gasteiger partial charge in [-0.3, -0.25) is 13.9 Å². The van der Waals surface area contributed by atoms with Gasteiger partial charge in [0.15, 0.2) is 0 Å². The van der Waals surface area contributed by atoms with Crippen molar-refractivity contribution in [1.29, 1.82) is 0 Å². The quantitative estimate of drug-likeness (QED) is 0.609. The summed E-state index contributed by atoms with van der Waals surface area (Å²) in [5.74, 6) is -0.120. The maximum atomic E-state index is 12.7. The molecule has 0 saturated carbocycles. The van der Waals surface area contributed by atoms with Crippen molar-refractivity contribution in [1.82, 2.24) is 9.80 Å². The van der Waals surface area contributed by atoms with Gasteiger partial charge in [-0.1, -0.05) is 41.4 Å². The van der Waals surface area contributed by atoms with Crippen molar-refractivity contribution >= 4 is 51.2 Å². The molecule has 2 aromatic carbocycles. The molecule has 2 aromatic rings. The maximum absolute atomic E-state index is 12.7. The van der Waals surface area contributed by atoms with Crippen LogP contribution in [0, 0.1) is 0 Å². The van der Waals surface area contributed by atoms with Crippen LogP contribution in [0.3, 0.4) is 0 Å². The van der Waals surface area contributed by atoms with Gasteiger partial charge in [0, 0.05) is 31.7 Å². The molecule has 0 radical (unpaired) electrons. The molecule has 3 rings (SSSR count). The van der Waals surface area contributed by atoms with Gasteiger partial charge in [-0.15, -0.1) is 0 Å². The predicted octanol–water partition coefficient (Wildman–Crippen LogP) is 2.87. The van der Waals surface area contributed by atoms with Crippen LogP contribution in [0.5, 0.6) is 0 Å².